The van der Waals surface area contributed by atoms with Crippen molar-refractivity contribution in [1.82, 2.24) is 4.98 Å². The van der Waals surface area contributed by atoms with Crippen LogP contribution in [0.3, 0.4) is 0 Å². The topological polar surface area (TPSA) is 45.6 Å². The van der Waals surface area contributed by atoms with Gasteiger partial charge in [0, 0.05) is 32.0 Å². The smallest absolute Gasteiger partial charge is 0.134 e. The van der Waals surface area contributed by atoms with E-state index >= 15 is 0 Å². The highest BCUT2D eigenvalue weighted by atomic mass is 16.5. The van der Waals surface area contributed by atoms with E-state index in [9.17, 15) is 5.11 Å². The first-order valence-electron chi connectivity index (χ1n) is 6.49. The number of aromatic nitrogens is 1. The van der Waals surface area contributed by atoms with Crippen molar-refractivity contribution < 1.29 is 9.84 Å². The van der Waals surface area contributed by atoms with Gasteiger partial charge in [-0.05, 0) is 32.8 Å². The third-order valence-electron chi connectivity index (χ3n) is 3.72. The van der Waals surface area contributed by atoms with Crippen LogP contribution in [0, 0.1) is 0 Å². The van der Waals surface area contributed by atoms with E-state index in [2.05, 4.69) is 16.8 Å². The van der Waals surface area contributed by atoms with Crippen LogP contribution in [0.5, 0.6) is 0 Å². The van der Waals surface area contributed by atoms with E-state index in [1.165, 1.54) is 0 Å². The second-order valence-corrected chi connectivity index (χ2v) is 5.27. The molecule has 1 N–H and O–H groups in total. The number of aliphatic hydroxyl groups excluding tert-OH is 1. The molecular formula is C14H22N2O2. The SMILES string of the molecule is COC1(C)CCCN(c2ncccc2[C@H](C)O)C1. The molecule has 100 valence electrons. The van der Waals surface area contributed by atoms with Crippen LogP contribution in [0.15, 0.2) is 18.3 Å². The molecule has 0 aliphatic carbocycles. The summed E-state index contributed by atoms with van der Waals surface area (Å²) in [5.74, 6) is 0.885. The van der Waals surface area contributed by atoms with Crippen LogP contribution in [0.1, 0.15) is 38.4 Å². The Kier molecular flexibility index (Phi) is 3.88. The molecule has 0 amide bonds. The molecule has 2 rings (SSSR count). The van der Waals surface area contributed by atoms with Gasteiger partial charge in [0.15, 0.2) is 0 Å². The summed E-state index contributed by atoms with van der Waals surface area (Å²) >= 11 is 0. The summed E-state index contributed by atoms with van der Waals surface area (Å²) in [4.78, 5) is 6.65. The van der Waals surface area contributed by atoms with Crippen molar-refractivity contribution in [3.63, 3.8) is 0 Å². The summed E-state index contributed by atoms with van der Waals surface area (Å²) in [6.07, 6.45) is 3.43. The number of methoxy groups -OCH3 is 1. The third-order valence-corrected chi connectivity index (χ3v) is 3.72. The maximum atomic E-state index is 9.82. The van der Waals surface area contributed by atoms with Gasteiger partial charge in [0.25, 0.3) is 0 Å². The number of piperidine rings is 1. The molecular weight excluding hydrogens is 228 g/mol. The molecule has 1 fully saturated rings. The fourth-order valence-corrected chi connectivity index (χ4v) is 2.55. The van der Waals surface area contributed by atoms with Gasteiger partial charge in [0.2, 0.25) is 0 Å². The lowest BCUT2D eigenvalue weighted by Gasteiger charge is -2.40. The first-order chi connectivity index (χ1) is 8.56. The van der Waals surface area contributed by atoms with Gasteiger partial charge in [-0.15, -0.1) is 0 Å². The highest BCUT2D eigenvalue weighted by Crippen LogP contribution is 2.30. The average Bonchev–Trinajstić information content (AvgIpc) is 2.39. The lowest BCUT2D eigenvalue weighted by Crippen LogP contribution is -2.48. The Hall–Kier alpha value is -1.13. The van der Waals surface area contributed by atoms with E-state index in [4.69, 9.17) is 4.74 Å². The van der Waals surface area contributed by atoms with Gasteiger partial charge in [-0.3, -0.25) is 0 Å². The van der Waals surface area contributed by atoms with E-state index < -0.39 is 6.10 Å². The van der Waals surface area contributed by atoms with Crippen molar-refractivity contribution in [2.24, 2.45) is 0 Å². The maximum absolute atomic E-state index is 9.82. The number of aliphatic hydroxyl groups is 1. The second kappa shape index (κ2) is 5.24. The van der Waals surface area contributed by atoms with Crippen LogP contribution in [0.25, 0.3) is 0 Å². The number of pyridine rings is 1. The molecule has 0 bridgehead atoms. The Morgan fingerprint density at radius 2 is 2.33 bits per heavy atom. The van der Waals surface area contributed by atoms with Crippen LogP contribution in [0.2, 0.25) is 0 Å². The Morgan fingerprint density at radius 3 is 3.00 bits per heavy atom. The molecule has 1 saturated heterocycles. The third kappa shape index (κ3) is 2.65. The van der Waals surface area contributed by atoms with Gasteiger partial charge >= 0.3 is 0 Å². The number of nitrogens with zero attached hydrogens (tertiary/aromatic N) is 2. The second-order valence-electron chi connectivity index (χ2n) is 5.27. The Labute approximate surface area is 109 Å². The number of hydrogen-bond acceptors (Lipinski definition) is 4. The molecule has 4 heteroatoms. The van der Waals surface area contributed by atoms with Gasteiger partial charge < -0.3 is 14.7 Å². The monoisotopic (exact) mass is 250 g/mol. The lowest BCUT2D eigenvalue weighted by atomic mass is 9.94. The first-order valence-corrected chi connectivity index (χ1v) is 6.49. The average molecular weight is 250 g/mol. The first kappa shape index (κ1) is 13.3. The quantitative estimate of drug-likeness (QED) is 0.892. The van der Waals surface area contributed by atoms with E-state index in [1.807, 2.05) is 12.1 Å². The van der Waals surface area contributed by atoms with Crippen molar-refractivity contribution in [2.45, 2.75) is 38.4 Å². The summed E-state index contributed by atoms with van der Waals surface area (Å²) in [7, 11) is 1.76. The molecule has 0 radical (unpaired) electrons. The van der Waals surface area contributed by atoms with Crippen molar-refractivity contribution in [3.05, 3.63) is 23.9 Å². The van der Waals surface area contributed by atoms with Gasteiger partial charge in [-0.25, -0.2) is 4.98 Å². The van der Waals surface area contributed by atoms with Crippen molar-refractivity contribution in [1.29, 1.82) is 0 Å². The van der Waals surface area contributed by atoms with Crippen LogP contribution in [-0.2, 0) is 4.74 Å². The summed E-state index contributed by atoms with van der Waals surface area (Å²) in [6, 6.07) is 3.80. The maximum Gasteiger partial charge on any atom is 0.134 e. The predicted octanol–water partition coefficient (Wildman–Crippen LogP) is 2.14. The largest absolute Gasteiger partial charge is 0.389 e. The Balaban J connectivity index is 2.26. The van der Waals surface area contributed by atoms with Crippen molar-refractivity contribution in [3.8, 4) is 0 Å². The standard InChI is InChI=1S/C14H22N2O2/c1-11(17)12-6-4-8-15-13(12)16-9-5-7-14(2,10-16)18-3/h4,6,8,11,17H,5,7,9-10H2,1-3H3/t11-,14?/m0/s1. The zero-order chi connectivity index (χ0) is 13.2. The minimum atomic E-state index is -0.496. The van der Waals surface area contributed by atoms with Gasteiger partial charge in [0.05, 0.1) is 11.7 Å². The Morgan fingerprint density at radius 1 is 1.56 bits per heavy atom. The fourth-order valence-electron chi connectivity index (χ4n) is 2.55. The molecule has 0 spiro atoms. The molecule has 1 aliphatic rings. The Bertz CT molecular complexity index is 409. The minimum absolute atomic E-state index is 0.119. The molecule has 2 heterocycles. The molecule has 0 saturated carbocycles. The molecule has 1 aromatic heterocycles. The highest BCUT2D eigenvalue weighted by Gasteiger charge is 2.32. The van der Waals surface area contributed by atoms with Crippen LogP contribution >= 0.6 is 0 Å². The number of ether oxygens (including phenoxy) is 1. The summed E-state index contributed by atoms with van der Waals surface area (Å²) in [6.45, 7) is 5.69. The normalized spacial score (nSPS) is 26.1. The summed E-state index contributed by atoms with van der Waals surface area (Å²) in [5, 5.41) is 9.82. The molecule has 1 unspecified atom stereocenters. The minimum Gasteiger partial charge on any atom is -0.389 e. The van der Waals surface area contributed by atoms with Gasteiger partial charge in [-0.2, -0.15) is 0 Å². The number of hydrogen-bond donors (Lipinski definition) is 1. The van der Waals surface area contributed by atoms with E-state index in [0.29, 0.717) is 0 Å². The predicted molar refractivity (Wildman–Crippen MR) is 71.7 cm³/mol. The fraction of sp³-hybridized carbons (Fsp3) is 0.643. The van der Waals surface area contributed by atoms with E-state index in [0.717, 1.165) is 37.3 Å². The van der Waals surface area contributed by atoms with Crippen LogP contribution in [0.4, 0.5) is 5.82 Å². The number of anilines is 1. The van der Waals surface area contributed by atoms with E-state index in [1.54, 1.807) is 20.2 Å². The molecule has 1 aliphatic heterocycles. The van der Waals surface area contributed by atoms with Crippen LogP contribution in [-0.4, -0.2) is 35.9 Å². The molecule has 0 aromatic carbocycles. The van der Waals surface area contributed by atoms with Crippen molar-refractivity contribution in [2.75, 3.05) is 25.1 Å². The number of rotatable bonds is 3. The highest BCUT2D eigenvalue weighted by molar-refractivity contribution is 5.48. The van der Waals surface area contributed by atoms with E-state index in [-0.39, 0.29) is 5.60 Å². The van der Waals surface area contributed by atoms with Crippen molar-refractivity contribution >= 4 is 5.82 Å². The van der Waals surface area contributed by atoms with Crippen LogP contribution < -0.4 is 4.90 Å². The lowest BCUT2D eigenvalue weighted by molar-refractivity contribution is -0.00493. The summed E-state index contributed by atoms with van der Waals surface area (Å²) < 4.78 is 5.60. The van der Waals surface area contributed by atoms with Gasteiger partial charge in [0.1, 0.15) is 5.82 Å². The zero-order valence-electron chi connectivity index (χ0n) is 11.4. The molecule has 2 atom stereocenters. The summed E-state index contributed by atoms with van der Waals surface area (Å²) in [5.41, 5.74) is 0.768. The van der Waals surface area contributed by atoms with Gasteiger partial charge in [-0.1, -0.05) is 6.07 Å². The molecule has 1 aromatic rings. The zero-order valence-corrected chi connectivity index (χ0v) is 11.4. The molecule has 18 heavy (non-hydrogen) atoms. The molecule has 4 nitrogen and oxygen atoms in total.